The molecule has 4 aliphatic rings. The summed E-state index contributed by atoms with van der Waals surface area (Å²) in [6.45, 7) is 9.46. The number of nitrogens with zero attached hydrogens (tertiary/aromatic N) is 2. The Hall–Kier alpha value is -2.34. The van der Waals surface area contributed by atoms with Crippen molar-refractivity contribution in [2.75, 3.05) is 13.1 Å². The lowest BCUT2D eigenvalue weighted by Crippen LogP contribution is -2.56. The Morgan fingerprint density at radius 2 is 1.66 bits per heavy atom. The van der Waals surface area contributed by atoms with Gasteiger partial charge in [0, 0.05) is 32.0 Å². The number of likely N-dealkylation sites (tertiary alicyclic amines) is 1. The number of primary amides is 1. The molecule has 232 valence electrons. The first kappa shape index (κ1) is 31.6. The van der Waals surface area contributed by atoms with Gasteiger partial charge >= 0.3 is 6.09 Å². The van der Waals surface area contributed by atoms with Crippen LogP contribution < -0.4 is 11.1 Å². The second-order valence-electron chi connectivity index (χ2n) is 14.3. The highest BCUT2D eigenvalue weighted by Gasteiger charge is 2.67. The van der Waals surface area contributed by atoms with Crippen molar-refractivity contribution >= 4 is 23.7 Å². The molecule has 10 nitrogen and oxygen atoms in total. The minimum Gasteiger partial charge on any atom is -0.785 e. The molecular formula is C29H45F2N4O6-. The molecule has 3 amide bonds. The molecule has 4 rings (SSSR count). The fraction of sp³-hybridized carbons (Fsp3) is 0.862. The number of piperidine rings is 1. The van der Waals surface area contributed by atoms with Crippen LogP contribution in [0.4, 0.5) is 13.6 Å². The molecule has 2 unspecified atom stereocenters. The number of fused-ring (bicyclic) bond motifs is 1. The minimum absolute atomic E-state index is 0.00343. The van der Waals surface area contributed by atoms with Crippen molar-refractivity contribution < 1.29 is 32.7 Å². The second-order valence-corrected chi connectivity index (χ2v) is 14.3. The average Bonchev–Trinajstić information content (AvgIpc) is 3.71. The molecule has 41 heavy (non-hydrogen) atoms. The van der Waals surface area contributed by atoms with E-state index in [4.69, 9.17) is 10.5 Å². The number of halogens is 2. The standard InChI is InChI=1S/C29H45F2N4O6/c1-27(2,3)41-26(39)33-19(12-17-8-10-29(30,31)11-9-17)25(38)34-14-18-22(28(18,4)5)21(34)15-35(40)20(13-16-6-7-16)23(36)24(32)37/h16-22H,6-15H2,1-5H3,(H2,32,37)(H,33,39)/q-1/t18-,19?,20?,21+,22-/m0/s1. The molecule has 0 bridgehead atoms. The Balaban J connectivity index is 1.53. The van der Waals surface area contributed by atoms with Gasteiger partial charge in [0.25, 0.3) is 5.91 Å². The molecule has 12 heteroatoms. The zero-order valence-electron chi connectivity index (χ0n) is 24.8. The zero-order chi connectivity index (χ0) is 30.5. The van der Waals surface area contributed by atoms with Crippen LogP contribution in [0, 0.1) is 34.3 Å². The summed E-state index contributed by atoms with van der Waals surface area (Å²) in [6, 6.07) is -2.75. The highest BCUT2D eigenvalue weighted by atomic mass is 19.3. The number of alkyl carbamates (subject to hydrolysis) is 1. The fourth-order valence-corrected chi connectivity index (χ4v) is 6.95. The largest absolute Gasteiger partial charge is 0.785 e. The molecule has 0 spiro atoms. The van der Waals surface area contributed by atoms with Gasteiger partial charge in [-0.3, -0.25) is 14.4 Å². The first-order valence-electron chi connectivity index (χ1n) is 14.8. The molecule has 0 aromatic rings. The summed E-state index contributed by atoms with van der Waals surface area (Å²) in [5, 5.41) is 16.7. The lowest BCUT2D eigenvalue weighted by Gasteiger charge is -2.42. The summed E-state index contributed by atoms with van der Waals surface area (Å²) < 4.78 is 33.0. The Kier molecular flexibility index (Phi) is 8.78. The molecule has 1 saturated heterocycles. The molecule has 0 aromatic heterocycles. The van der Waals surface area contributed by atoms with E-state index in [9.17, 15) is 33.2 Å². The first-order valence-corrected chi connectivity index (χ1v) is 14.8. The summed E-state index contributed by atoms with van der Waals surface area (Å²) in [5.41, 5.74) is 4.32. The number of carbonyl (C=O) groups excluding carboxylic acids is 4. The van der Waals surface area contributed by atoms with Crippen LogP contribution in [0.5, 0.6) is 0 Å². The lowest BCUT2D eigenvalue weighted by molar-refractivity contribution is -0.140. The minimum atomic E-state index is -2.72. The average molecular weight is 584 g/mol. The predicted octanol–water partition coefficient (Wildman–Crippen LogP) is 3.60. The van der Waals surface area contributed by atoms with Crippen LogP contribution in [0.2, 0.25) is 0 Å². The van der Waals surface area contributed by atoms with Crippen LogP contribution >= 0.6 is 0 Å². The number of ketones is 1. The summed E-state index contributed by atoms with van der Waals surface area (Å²) in [7, 11) is 0. The molecular weight excluding hydrogens is 538 g/mol. The number of nitrogens with two attached hydrogens (primary N) is 1. The molecule has 4 fully saturated rings. The van der Waals surface area contributed by atoms with E-state index in [1.54, 1.807) is 25.7 Å². The number of nitrogens with one attached hydrogen (secondary N) is 1. The number of hydrogen-bond acceptors (Lipinski definition) is 7. The van der Waals surface area contributed by atoms with Crippen molar-refractivity contribution in [1.29, 1.82) is 0 Å². The molecule has 3 saturated carbocycles. The van der Waals surface area contributed by atoms with E-state index < -0.39 is 53.3 Å². The maximum Gasteiger partial charge on any atom is 0.408 e. The molecule has 3 N–H and O–H groups in total. The first-order chi connectivity index (χ1) is 18.9. The third-order valence-corrected chi connectivity index (χ3v) is 9.54. The monoisotopic (exact) mass is 583 g/mol. The van der Waals surface area contributed by atoms with Gasteiger partial charge < -0.3 is 31.0 Å². The van der Waals surface area contributed by atoms with Crippen molar-refractivity contribution in [1.82, 2.24) is 15.3 Å². The van der Waals surface area contributed by atoms with E-state index in [1.807, 2.05) is 0 Å². The summed E-state index contributed by atoms with van der Waals surface area (Å²) in [4.78, 5) is 52.7. The fourth-order valence-electron chi connectivity index (χ4n) is 6.95. The topological polar surface area (TPSA) is 145 Å². The second kappa shape index (κ2) is 11.4. The number of carbonyl (C=O) groups is 4. The Labute approximate surface area is 240 Å². The maximum absolute atomic E-state index is 14.1. The molecule has 0 aromatic carbocycles. The number of alkyl halides is 2. The van der Waals surface area contributed by atoms with Crippen LogP contribution in [0.15, 0.2) is 0 Å². The highest BCUT2D eigenvalue weighted by molar-refractivity contribution is 6.37. The van der Waals surface area contributed by atoms with Crippen LogP contribution in [-0.4, -0.2) is 76.4 Å². The van der Waals surface area contributed by atoms with Crippen molar-refractivity contribution in [3.8, 4) is 0 Å². The van der Waals surface area contributed by atoms with Gasteiger partial charge in [-0.15, -0.1) is 0 Å². The van der Waals surface area contributed by atoms with Crippen molar-refractivity contribution in [2.45, 2.75) is 116 Å². The van der Waals surface area contributed by atoms with E-state index in [2.05, 4.69) is 19.2 Å². The van der Waals surface area contributed by atoms with E-state index in [1.165, 1.54) is 0 Å². The van der Waals surface area contributed by atoms with Crippen LogP contribution in [-0.2, 0) is 19.1 Å². The number of ether oxygens (including phenoxy) is 1. The van der Waals surface area contributed by atoms with E-state index in [0.29, 0.717) is 11.6 Å². The predicted molar refractivity (Wildman–Crippen MR) is 146 cm³/mol. The van der Waals surface area contributed by atoms with Gasteiger partial charge in [0.1, 0.15) is 11.6 Å². The van der Waals surface area contributed by atoms with E-state index in [0.717, 1.165) is 12.8 Å². The van der Waals surface area contributed by atoms with Crippen LogP contribution in [0.25, 0.3) is 0 Å². The highest BCUT2D eigenvalue weighted by Crippen LogP contribution is 2.65. The van der Waals surface area contributed by atoms with Gasteiger partial charge in [0.2, 0.25) is 17.6 Å². The van der Waals surface area contributed by atoms with Crippen LogP contribution in [0.3, 0.4) is 0 Å². The summed E-state index contributed by atoms with van der Waals surface area (Å²) in [6.07, 6.45) is 1.36. The van der Waals surface area contributed by atoms with Gasteiger partial charge in [-0.1, -0.05) is 26.7 Å². The van der Waals surface area contributed by atoms with Crippen LogP contribution in [0.1, 0.15) is 86.0 Å². The summed E-state index contributed by atoms with van der Waals surface area (Å²) in [5.74, 6) is -5.05. The van der Waals surface area contributed by atoms with Gasteiger partial charge in [0.05, 0.1) is 6.04 Å². The van der Waals surface area contributed by atoms with Gasteiger partial charge in [-0.2, -0.15) is 0 Å². The van der Waals surface area contributed by atoms with Crippen molar-refractivity contribution in [3.05, 3.63) is 5.21 Å². The quantitative estimate of drug-likeness (QED) is 0.279. The number of amides is 3. The maximum atomic E-state index is 14.1. The van der Waals surface area contributed by atoms with Crippen molar-refractivity contribution in [3.63, 3.8) is 0 Å². The van der Waals surface area contributed by atoms with Gasteiger partial charge in [-0.05, 0) is 75.5 Å². The Morgan fingerprint density at radius 1 is 1.07 bits per heavy atom. The lowest BCUT2D eigenvalue weighted by atomic mass is 9.82. The number of Topliss-reactive ketones (excluding diaryl/α,β-unsaturated/α-hetero) is 1. The summed E-state index contributed by atoms with van der Waals surface area (Å²) >= 11 is 0. The third kappa shape index (κ3) is 7.55. The molecule has 1 heterocycles. The van der Waals surface area contributed by atoms with E-state index in [-0.39, 0.29) is 74.2 Å². The molecule has 1 aliphatic heterocycles. The van der Waals surface area contributed by atoms with Gasteiger partial charge in [0.15, 0.2) is 0 Å². The molecule has 3 aliphatic carbocycles. The Morgan fingerprint density at radius 3 is 2.20 bits per heavy atom. The molecule has 0 radical (unpaired) electrons. The smallest absolute Gasteiger partial charge is 0.408 e. The number of hydrogen-bond donors (Lipinski definition) is 2. The van der Waals surface area contributed by atoms with Gasteiger partial charge in [-0.25, -0.2) is 13.6 Å². The molecule has 5 atom stereocenters. The number of hydroxylamine groups is 2. The third-order valence-electron chi connectivity index (χ3n) is 9.54. The van der Waals surface area contributed by atoms with Crippen molar-refractivity contribution in [2.24, 2.45) is 34.8 Å². The Bertz CT molecular complexity index is 1030. The number of rotatable bonds is 11. The van der Waals surface area contributed by atoms with E-state index >= 15 is 0 Å². The SMILES string of the molecule is CC(C)(C)OC(=O)NC(CC1CCC(F)(F)CC1)C(=O)N1C[C@H]2[C@@H]([C@H]1CN([O-])C(CC1CC1)C(=O)C(N)=O)C2(C)C. The zero-order valence-corrected chi connectivity index (χ0v) is 24.8. The normalized spacial score (nSPS) is 28.5.